The molecule has 0 atom stereocenters. The molecule has 0 saturated carbocycles. The first kappa shape index (κ1) is 18.8. The highest BCUT2D eigenvalue weighted by atomic mass is 32.2. The van der Waals surface area contributed by atoms with Crippen molar-refractivity contribution in [2.45, 2.75) is 13.1 Å². The van der Waals surface area contributed by atoms with Crippen LogP contribution in [-0.4, -0.2) is 39.6 Å². The number of hydrogen-bond donors (Lipinski definition) is 2. The van der Waals surface area contributed by atoms with E-state index < -0.39 is 10.0 Å². The zero-order valence-corrected chi connectivity index (χ0v) is 15.5. The summed E-state index contributed by atoms with van der Waals surface area (Å²) in [4.78, 5) is 6.55. The van der Waals surface area contributed by atoms with Crippen molar-refractivity contribution in [1.29, 1.82) is 0 Å². The van der Waals surface area contributed by atoms with E-state index in [0.29, 0.717) is 18.8 Å². The third kappa shape index (κ3) is 6.84. The van der Waals surface area contributed by atoms with Gasteiger partial charge in [-0.3, -0.25) is 4.72 Å². The van der Waals surface area contributed by atoms with Gasteiger partial charge in [0, 0.05) is 26.3 Å². The smallest absolute Gasteiger partial charge is 0.229 e. The normalized spacial score (nSPS) is 11.9. The average molecular weight is 360 g/mol. The quantitative estimate of drug-likeness (QED) is 0.612. The van der Waals surface area contributed by atoms with Crippen LogP contribution in [0, 0.1) is 0 Å². The van der Waals surface area contributed by atoms with E-state index in [4.69, 9.17) is 0 Å². The molecule has 0 bridgehead atoms. The minimum Gasteiger partial charge on any atom is -0.352 e. The zero-order valence-electron chi connectivity index (χ0n) is 14.7. The summed E-state index contributed by atoms with van der Waals surface area (Å²) in [6.07, 6.45) is 1.13. The highest BCUT2D eigenvalue weighted by molar-refractivity contribution is 7.92. The molecular formula is C18H24N4O2S. The molecule has 25 heavy (non-hydrogen) atoms. The number of anilines is 1. The van der Waals surface area contributed by atoms with Crippen molar-refractivity contribution in [1.82, 2.24) is 10.2 Å². The molecule has 0 radical (unpaired) electrons. The SMILES string of the molecule is CN(C)C(=NCc1ccccc1)NCc1ccc(NS(C)(=O)=O)cc1. The molecule has 7 heteroatoms. The fourth-order valence-electron chi connectivity index (χ4n) is 2.19. The number of aliphatic imine (C=N–C) groups is 1. The van der Waals surface area contributed by atoms with Gasteiger partial charge >= 0.3 is 0 Å². The van der Waals surface area contributed by atoms with Crippen molar-refractivity contribution in [3.05, 3.63) is 65.7 Å². The lowest BCUT2D eigenvalue weighted by molar-refractivity contribution is 0.578. The molecule has 134 valence electrons. The van der Waals surface area contributed by atoms with Crippen LogP contribution in [0.3, 0.4) is 0 Å². The van der Waals surface area contributed by atoms with Gasteiger partial charge in [-0.2, -0.15) is 0 Å². The number of benzene rings is 2. The number of hydrogen-bond acceptors (Lipinski definition) is 3. The van der Waals surface area contributed by atoms with Crippen molar-refractivity contribution in [2.75, 3.05) is 25.1 Å². The van der Waals surface area contributed by atoms with Crippen LogP contribution in [0.5, 0.6) is 0 Å². The largest absolute Gasteiger partial charge is 0.352 e. The summed E-state index contributed by atoms with van der Waals surface area (Å²) in [7, 11) is 0.629. The summed E-state index contributed by atoms with van der Waals surface area (Å²) >= 11 is 0. The third-order valence-electron chi connectivity index (χ3n) is 3.39. The Balaban J connectivity index is 1.96. The lowest BCUT2D eigenvalue weighted by atomic mass is 10.2. The first-order valence-electron chi connectivity index (χ1n) is 7.90. The Morgan fingerprint density at radius 2 is 1.64 bits per heavy atom. The zero-order chi connectivity index (χ0) is 18.3. The number of nitrogens with zero attached hydrogens (tertiary/aromatic N) is 2. The molecule has 0 saturated heterocycles. The van der Waals surface area contributed by atoms with Crippen LogP contribution >= 0.6 is 0 Å². The van der Waals surface area contributed by atoms with Crippen LogP contribution in [-0.2, 0) is 23.1 Å². The van der Waals surface area contributed by atoms with E-state index >= 15 is 0 Å². The fraction of sp³-hybridized carbons (Fsp3) is 0.278. The molecule has 0 fully saturated rings. The lowest BCUT2D eigenvalue weighted by Gasteiger charge is -2.18. The molecule has 0 aliphatic carbocycles. The van der Waals surface area contributed by atoms with Gasteiger partial charge in [-0.1, -0.05) is 42.5 Å². The monoisotopic (exact) mass is 360 g/mol. The minimum absolute atomic E-state index is 0.553. The lowest BCUT2D eigenvalue weighted by Crippen LogP contribution is -2.36. The number of rotatable bonds is 6. The number of guanidine groups is 1. The minimum atomic E-state index is -3.25. The molecule has 0 spiro atoms. The van der Waals surface area contributed by atoms with Gasteiger partial charge in [0.2, 0.25) is 10.0 Å². The van der Waals surface area contributed by atoms with Crippen LogP contribution in [0.25, 0.3) is 0 Å². The molecule has 2 aromatic carbocycles. The molecule has 0 heterocycles. The van der Waals surface area contributed by atoms with Crippen molar-refractivity contribution in [3.8, 4) is 0 Å². The predicted molar refractivity (Wildman–Crippen MR) is 103 cm³/mol. The van der Waals surface area contributed by atoms with Crippen molar-refractivity contribution in [3.63, 3.8) is 0 Å². The van der Waals surface area contributed by atoms with Crippen molar-refractivity contribution < 1.29 is 8.42 Å². The number of sulfonamides is 1. The summed E-state index contributed by atoms with van der Waals surface area (Å²) in [5.41, 5.74) is 2.74. The van der Waals surface area contributed by atoms with Crippen LogP contribution in [0.1, 0.15) is 11.1 Å². The second kappa shape index (κ2) is 8.53. The Bertz CT molecular complexity index is 801. The van der Waals surface area contributed by atoms with Gasteiger partial charge in [0.25, 0.3) is 0 Å². The van der Waals surface area contributed by atoms with Gasteiger partial charge in [0.1, 0.15) is 0 Å². The topological polar surface area (TPSA) is 73.8 Å². The predicted octanol–water partition coefficient (Wildman–Crippen LogP) is 2.27. The fourth-order valence-corrected chi connectivity index (χ4v) is 2.76. The van der Waals surface area contributed by atoms with Gasteiger partial charge in [-0.05, 0) is 23.3 Å². The van der Waals surface area contributed by atoms with Crippen molar-refractivity contribution in [2.24, 2.45) is 4.99 Å². The van der Waals surface area contributed by atoms with Gasteiger partial charge in [0.15, 0.2) is 5.96 Å². The second-order valence-electron chi connectivity index (χ2n) is 5.94. The Hall–Kier alpha value is -2.54. The van der Waals surface area contributed by atoms with Crippen LogP contribution in [0.4, 0.5) is 5.69 Å². The standard InChI is InChI=1S/C18H24N4O2S/c1-22(2)18(19-13-15-7-5-4-6-8-15)20-14-16-9-11-17(12-10-16)21-25(3,23)24/h4-12,21H,13-14H2,1-3H3,(H,19,20). The van der Waals surface area contributed by atoms with Gasteiger partial charge in [-0.25, -0.2) is 13.4 Å². The summed E-state index contributed by atoms with van der Waals surface area (Å²) in [6, 6.07) is 17.3. The van der Waals surface area contributed by atoms with E-state index in [1.165, 1.54) is 0 Å². The van der Waals surface area contributed by atoms with Crippen LogP contribution < -0.4 is 10.0 Å². The first-order chi connectivity index (χ1) is 11.8. The van der Waals surface area contributed by atoms with Gasteiger partial charge < -0.3 is 10.2 Å². The maximum absolute atomic E-state index is 11.2. The van der Waals surface area contributed by atoms with Gasteiger partial charge in [0.05, 0.1) is 12.8 Å². The Morgan fingerprint density at radius 3 is 2.20 bits per heavy atom. The molecule has 2 N–H and O–H groups in total. The second-order valence-corrected chi connectivity index (χ2v) is 7.69. The summed E-state index contributed by atoms with van der Waals surface area (Å²) < 4.78 is 24.9. The molecule has 0 amide bonds. The van der Waals surface area contributed by atoms with E-state index in [0.717, 1.165) is 23.3 Å². The number of nitrogens with one attached hydrogen (secondary N) is 2. The van der Waals surface area contributed by atoms with Crippen LogP contribution in [0.15, 0.2) is 59.6 Å². The highest BCUT2D eigenvalue weighted by Crippen LogP contribution is 2.11. The molecule has 2 aromatic rings. The average Bonchev–Trinajstić information content (AvgIpc) is 2.55. The highest BCUT2D eigenvalue weighted by Gasteiger charge is 2.04. The molecule has 0 aromatic heterocycles. The third-order valence-corrected chi connectivity index (χ3v) is 3.99. The maximum Gasteiger partial charge on any atom is 0.229 e. The van der Waals surface area contributed by atoms with E-state index in [1.54, 1.807) is 12.1 Å². The van der Waals surface area contributed by atoms with Crippen molar-refractivity contribution >= 4 is 21.7 Å². The molecule has 0 aliphatic heterocycles. The Labute approximate surface area is 149 Å². The molecule has 6 nitrogen and oxygen atoms in total. The van der Waals surface area contributed by atoms with Gasteiger partial charge in [-0.15, -0.1) is 0 Å². The maximum atomic E-state index is 11.2. The first-order valence-corrected chi connectivity index (χ1v) is 9.79. The summed E-state index contributed by atoms with van der Waals surface area (Å²) in [6.45, 7) is 1.21. The molecular weight excluding hydrogens is 336 g/mol. The van der Waals surface area contributed by atoms with E-state index in [2.05, 4.69) is 15.0 Å². The molecule has 0 aliphatic rings. The summed E-state index contributed by atoms with van der Waals surface area (Å²) in [5.74, 6) is 0.794. The Kier molecular flexibility index (Phi) is 6.41. The summed E-state index contributed by atoms with van der Waals surface area (Å²) in [5, 5.41) is 3.31. The molecule has 0 unspecified atom stereocenters. The van der Waals surface area contributed by atoms with E-state index in [1.807, 2.05) is 61.5 Å². The molecule has 2 rings (SSSR count). The Morgan fingerprint density at radius 1 is 1.00 bits per heavy atom. The van der Waals surface area contributed by atoms with E-state index in [-0.39, 0.29) is 0 Å². The van der Waals surface area contributed by atoms with E-state index in [9.17, 15) is 8.42 Å². The van der Waals surface area contributed by atoms with Crippen LogP contribution in [0.2, 0.25) is 0 Å².